The topological polar surface area (TPSA) is 66.4 Å². The largest absolute Gasteiger partial charge is 0.353 e. The van der Waals surface area contributed by atoms with Crippen LogP contribution in [-0.2, 0) is 9.84 Å². The molecule has 0 aliphatic carbocycles. The van der Waals surface area contributed by atoms with Gasteiger partial charge in [-0.3, -0.25) is 0 Å². The number of anilines is 2. The molecule has 2 fully saturated rings. The van der Waals surface area contributed by atoms with Gasteiger partial charge in [0.05, 0.1) is 11.5 Å². The van der Waals surface area contributed by atoms with E-state index in [2.05, 4.69) is 27.8 Å². The third-order valence-corrected chi connectivity index (χ3v) is 7.22. The van der Waals surface area contributed by atoms with Crippen LogP contribution in [0.5, 0.6) is 0 Å². The number of aromatic nitrogens is 2. The van der Waals surface area contributed by atoms with E-state index in [0.717, 1.165) is 31.0 Å². The van der Waals surface area contributed by atoms with E-state index < -0.39 is 9.84 Å². The highest BCUT2D eigenvalue weighted by molar-refractivity contribution is 7.91. The van der Waals surface area contributed by atoms with Crippen molar-refractivity contribution >= 4 is 21.6 Å². The molecule has 1 aromatic heterocycles. The van der Waals surface area contributed by atoms with Crippen LogP contribution in [0.25, 0.3) is 0 Å². The maximum absolute atomic E-state index is 11.9. The van der Waals surface area contributed by atoms with Crippen LogP contribution in [0.15, 0.2) is 6.07 Å². The van der Waals surface area contributed by atoms with Crippen molar-refractivity contribution in [3.63, 3.8) is 0 Å². The normalized spacial score (nSPS) is 26.0. The summed E-state index contributed by atoms with van der Waals surface area (Å²) < 4.78 is 23.8. The summed E-state index contributed by atoms with van der Waals surface area (Å²) in [5.74, 6) is 2.17. The molecule has 2 unspecified atom stereocenters. The monoisotopic (exact) mass is 366 g/mol. The Kier molecular flexibility index (Phi) is 5.51. The maximum Gasteiger partial charge on any atom is 0.227 e. The van der Waals surface area contributed by atoms with Crippen molar-refractivity contribution in [3.8, 4) is 0 Å². The van der Waals surface area contributed by atoms with E-state index in [4.69, 9.17) is 4.98 Å². The molecule has 0 spiro atoms. The molecule has 2 aliphatic rings. The molecule has 0 aromatic carbocycles. The summed E-state index contributed by atoms with van der Waals surface area (Å²) >= 11 is 0. The highest BCUT2D eigenvalue weighted by Gasteiger charge is 2.33. The predicted octanol–water partition coefficient (Wildman–Crippen LogP) is 2.57. The Morgan fingerprint density at radius 1 is 1.24 bits per heavy atom. The van der Waals surface area contributed by atoms with Crippen molar-refractivity contribution in [1.82, 2.24) is 9.97 Å². The highest BCUT2D eigenvalue weighted by atomic mass is 32.2. The Morgan fingerprint density at radius 2 is 2.04 bits per heavy atom. The van der Waals surface area contributed by atoms with Crippen LogP contribution in [0.1, 0.15) is 51.6 Å². The van der Waals surface area contributed by atoms with E-state index in [0.29, 0.717) is 18.4 Å². The quantitative estimate of drug-likeness (QED) is 0.798. The Labute approximate surface area is 151 Å². The van der Waals surface area contributed by atoms with Crippen LogP contribution >= 0.6 is 0 Å². The third kappa shape index (κ3) is 4.07. The second-order valence-electron chi connectivity index (χ2n) is 7.26. The van der Waals surface area contributed by atoms with Gasteiger partial charge in [-0.25, -0.2) is 13.4 Å². The first-order chi connectivity index (χ1) is 11.9. The van der Waals surface area contributed by atoms with Crippen LogP contribution in [0.3, 0.4) is 0 Å². The second kappa shape index (κ2) is 7.48. The third-order valence-electron chi connectivity index (χ3n) is 5.47. The molecule has 2 saturated heterocycles. The van der Waals surface area contributed by atoms with Crippen LogP contribution in [-0.4, -0.2) is 55.1 Å². The van der Waals surface area contributed by atoms with Gasteiger partial charge in [0.25, 0.3) is 0 Å². The number of hydrogen-bond donors (Lipinski definition) is 0. The number of aryl methyl sites for hydroxylation is 1. The molecule has 0 saturated carbocycles. The van der Waals surface area contributed by atoms with Crippen molar-refractivity contribution in [2.75, 3.05) is 34.4 Å². The fraction of sp³-hybridized carbons (Fsp3) is 0.778. The summed E-state index contributed by atoms with van der Waals surface area (Å²) in [6.07, 6.45) is 5.49. The first kappa shape index (κ1) is 18.4. The molecule has 3 rings (SSSR count). The van der Waals surface area contributed by atoms with E-state index in [-0.39, 0.29) is 17.5 Å². The standard InChI is InChI=1S/C18H30N4O2S/c1-4-15-8-6-7-10-22(15)17-12-14(3)19-18(20-17)21(5-2)16-9-11-25(23,24)13-16/h12,15-16H,4-11,13H2,1-3H3. The van der Waals surface area contributed by atoms with Crippen LogP contribution < -0.4 is 9.80 Å². The van der Waals surface area contributed by atoms with E-state index in [1.54, 1.807) is 0 Å². The fourth-order valence-corrected chi connectivity index (χ4v) is 5.85. The summed E-state index contributed by atoms with van der Waals surface area (Å²) in [4.78, 5) is 14.0. The molecule has 6 nitrogen and oxygen atoms in total. The van der Waals surface area contributed by atoms with Crippen LogP contribution in [0, 0.1) is 6.92 Å². The van der Waals surface area contributed by atoms with Gasteiger partial charge in [0.15, 0.2) is 9.84 Å². The van der Waals surface area contributed by atoms with Crippen molar-refractivity contribution in [1.29, 1.82) is 0 Å². The summed E-state index contributed by atoms with van der Waals surface area (Å²) in [6, 6.07) is 2.60. The number of hydrogen-bond acceptors (Lipinski definition) is 6. The Balaban J connectivity index is 1.90. The van der Waals surface area contributed by atoms with Crippen molar-refractivity contribution in [2.45, 2.75) is 65.0 Å². The van der Waals surface area contributed by atoms with Crippen molar-refractivity contribution in [2.24, 2.45) is 0 Å². The Bertz CT molecular complexity index is 707. The Morgan fingerprint density at radius 3 is 2.68 bits per heavy atom. The Hall–Kier alpha value is -1.37. The average Bonchev–Trinajstić information content (AvgIpc) is 2.94. The molecule has 0 N–H and O–H groups in total. The van der Waals surface area contributed by atoms with Gasteiger partial charge in [-0.2, -0.15) is 4.98 Å². The van der Waals surface area contributed by atoms with Gasteiger partial charge in [-0.05, 0) is 46.0 Å². The lowest BCUT2D eigenvalue weighted by Crippen LogP contribution is -2.41. The zero-order valence-corrected chi connectivity index (χ0v) is 16.4. The van der Waals surface area contributed by atoms with Crippen molar-refractivity contribution < 1.29 is 8.42 Å². The molecule has 3 heterocycles. The fourth-order valence-electron chi connectivity index (χ4n) is 4.12. The van der Waals surface area contributed by atoms with Gasteiger partial charge in [0.1, 0.15) is 5.82 Å². The lowest BCUT2D eigenvalue weighted by molar-refractivity contribution is 0.446. The molecule has 2 aliphatic heterocycles. The number of nitrogens with zero attached hydrogens (tertiary/aromatic N) is 4. The minimum Gasteiger partial charge on any atom is -0.353 e. The predicted molar refractivity (Wildman–Crippen MR) is 102 cm³/mol. The van der Waals surface area contributed by atoms with Gasteiger partial charge in [0, 0.05) is 36.9 Å². The van der Waals surface area contributed by atoms with Gasteiger partial charge in [0.2, 0.25) is 5.95 Å². The molecular weight excluding hydrogens is 336 g/mol. The molecule has 25 heavy (non-hydrogen) atoms. The first-order valence-corrected chi connectivity index (χ1v) is 11.3. The first-order valence-electron chi connectivity index (χ1n) is 9.53. The van der Waals surface area contributed by atoms with E-state index in [1.807, 2.05) is 13.8 Å². The molecule has 7 heteroatoms. The second-order valence-corrected chi connectivity index (χ2v) is 9.49. The van der Waals surface area contributed by atoms with Crippen LogP contribution in [0.2, 0.25) is 0 Å². The van der Waals surface area contributed by atoms with Gasteiger partial charge < -0.3 is 9.80 Å². The molecule has 0 radical (unpaired) electrons. The summed E-state index contributed by atoms with van der Waals surface area (Å²) in [5, 5.41) is 0. The molecule has 2 atom stereocenters. The minimum atomic E-state index is -2.92. The van der Waals surface area contributed by atoms with E-state index in [9.17, 15) is 8.42 Å². The highest BCUT2D eigenvalue weighted by Crippen LogP contribution is 2.28. The molecule has 140 valence electrons. The smallest absolute Gasteiger partial charge is 0.227 e. The van der Waals surface area contributed by atoms with E-state index >= 15 is 0 Å². The zero-order chi connectivity index (χ0) is 18.0. The lowest BCUT2D eigenvalue weighted by atomic mass is 10.00. The summed E-state index contributed by atoms with van der Waals surface area (Å²) in [5.41, 5.74) is 0.944. The molecule has 0 bridgehead atoms. The number of rotatable bonds is 5. The van der Waals surface area contributed by atoms with Gasteiger partial charge >= 0.3 is 0 Å². The van der Waals surface area contributed by atoms with Gasteiger partial charge in [-0.15, -0.1) is 0 Å². The summed E-state index contributed by atoms with van der Waals surface area (Å²) in [7, 11) is -2.92. The van der Waals surface area contributed by atoms with E-state index in [1.165, 1.54) is 19.3 Å². The number of sulfone groups is 1. The maximum atomic E-state index is 11.9. The zero-order valence-electron chi connectivity index (χ0n) is 15.6. The minimum absolute atomic E-state index is 0.00650. The average molecular weight is 367 g/mol. The molecular formula is C18H30N4O2S. The van der Waals surface area contributed by atoms with Crippen LogP contribution in [0.4, 0.5) is 11.8 Å². The lowest BCUT2D eigenvalue weighted by Gasteiger charge is -2.37. The number of piperidine rings is 1. The SMILES string of the molecule is CCC1CCCCN1c1cc(C)nc(N(CC)C2CCS(=O)(=O)C2)n1. The molecule has 0 amide bonds. The van der Waals surface area contributed by atoms with Crippen molar-refractivity contribution in [3.05, 3.63) is 11.8 Å². The van der Waals surface area contributed by atoms with Gasteiger partial charge in [-0.1, -0.05) is 6.92 Å². The summed E-state index contributed by atoms with van der Waals surface area (Å²) in [6.45, 7) is 8.04. The molecule has 1 aromatic rings.